The van der Waals surface area contributed by atoms with Crippen molar-refractivity contribution in [1.29, 1.82) is 0 Å². The third-order valence-electron chi connectivity index (χ3n) is 4.32. The molecule has 0 atom stereocenters. The van der Waals surface area contributed by atoms with Crippen molar-refractivity contribution in [2.45, 2.75) is 6.61 Å². The maximum atomic E-state index is 13.3. The van der Waals surface area contributed by atoms with E-state index in [4.69, 9.17) is 21.1 Å². The Kier molecular flexibility index (Phi) is 5.44. The van der Waals surface area contributed by atoms with Crippen LogP contribution >= 0.6 is 11.6 Å². The van der Waals surface area contributed by atoms with Crippen LogP contribution in [-0.2, 0) is 6.61 Å². The molecule has 3 aromatic carbocycles. The molecule has 146 valence electrons. The molecule has 4 rings (SSSR count). The molecule has 0 fully saturated rings. The van der Waals surface area contributed by atoms with Gasteiger partial charge in [-0.25, -0.2) is 14.4 Å². The minimum absolute atomic E-state index is 0.223. The van der Waals surface area contributed by atoms with Crippen LogP contribution in [0, 0.1) is 5.82 Å². The summed E-state index contributed by atoms with van der Waals surface area (Å²) in [6.45, 7) is 0.223. The second-order valence-corrected chi connectivity index (χ2v) is 6.70. The van der Waals surface area contributed by atoms with Crippen molar-refractivity contribution in [3.8, 4) is 11.5 Å². The Bertz CT molecular complexity index is 1170. The highest BCUT2D eigenvalue weighted by Gasteiger charge is 2.08. The van der Waals surface area contributed by atoms with E-state index in [1.807, 2.05) is 24.3 Å². The molecular formula is C22H17ClFN3O2. The van der Waals surface area contributed by atoms with Gasteiger partial charge < -0.3 is 14.8 Å². The fraction of sp³-hybridized carbons (Fsp3) is 0.0909. The number of methoxy groups -OCH3 is 1. The fourth-order valence-corrected chi connectivity index (χ4v) is 3.12. The van der Waals surface area contributed by atoms with Gasteiger partial charge in [-0.05, 0) is 54.1 Å². The number of fused-ring (bicyclic) bond motifs is 1. The van der Waals surface area contributed by atoms with E-state index in [2.05, 4.69) is 15.3 Å². The summed E-state index contributed by atoms with van der Waals surface area (Å²) in [5.41, 5.74) is 2.27. The van der Waals surface area contributed by atoms with E-state index in [1.54, 1.807) is 31.4 Å². The van der Waals surface area contributed by atoms with Gasteiger partial charge >= 0.3 is 0 Å². The molecule has 4 aromatic rings. The average Bonchev–Trinajstić information content (AvgIpc) is 2.73. The zero-order valence-electron chi connectivity index (χ0n) is 15.5. The summed E-state index contributed by atoms with van der Waals surface area (Å²) in [5.74, 6) is 1.56. The molecule has 0 spiro atoms. The molecule has 0 amide bonds. The largest absolute Gasteiger partial charge is 0.497 e. The monoisotopic (exact) mass is 409 g/mol. The molecule has 0 saturated heterocycles. The molecule has 1 N–H and O–H groups in total. The lowest BCUT2D eigenvalue weighted by atomic mass is 10.2. The Balaban J connectivity index is 1.53. The maximum absolute atomic E-state index is 13.3. The third-order valence-corrected chi connectivity index (χ3v) is 4.62. The Morgan fingerprint density at radius 3 is 2.72 bits per heavy atom. The molecule has 0 bridgehead atoms. The number of hydrogen-bond acceptors (Lipinski definition) is 5. The summed E-state index contributed by atoms with van der Waals surface area (Å²) in [5, 5.41) is 4.51. The van der Waals surface area contributed by atoms with Gasteiger partial charge in [-0.1, -0.05) is 23.7 Å². The number of nitrogens with zero attached hydrogens (tertiary/aromatic N) is 2. The Morgan fingerprint density at radius 1 is 1.03 bits per heavy atom. The first-order valence-electron chi connectivity index (χ1n) is 8.85. The van der Waals surface area contributed by atoms with Crippen molar-refractivity contribution in [2.24, 2.45) is 0 Å². The lowest BCUT2D eigenvalue weighted by Gasteiger charge is -2.12. The summed E-state index contributed by atoms with van der Waals surface area (Å²) < 4.78 is 24.3. The SMILES string of the molecule is COc1ccc2ncnc(Nc3ccc(OCc4cccc(F)c4)c(Cl)c3)c2c1. The predicted octanol–water partition coefficient (Wildman–Crippen LogP) is 5.75. The lowest BCUT2D eigenvalue weighted by molar-refractivity contribution is 0.306. The van der Waals surface area contributed by atoms with Gasteiger partial charge in [-0.15, -0.1) is 0 Å². The zero-order valence-corrected chi connectivity index (χ0v) is 16.3. The zero-order chi connectivity index (χ0) is 20.2. The standard InChI is InChI=1S/C22H17ClFN3O2/c1-28-17-6-7-20-18(11-17)22(26-13-25-20)27-16-5-8-21(19(23)10-16)29-12-14-3-2-4-15(24)9-14/h2-11,13H,12H2,1H3,(H,25,26,27). The Hall–Kier alpha value is -3.38. The van der Waals surface area contributed by atoms with Gasteiger partial charge in [0.2, 0.25) is 0 Å². The molecule has 0 radical (unpaired) electrons. The molecule has 0 aliphatic rings. The number of anilines is 2. The van der Waals surface area contributed by atoms with Gasteiger partial charge in [0, 0.05) is 11.1 Å². The van der Waals surface area contributed by atoms with Crippen molar-refractivity contribution >= 4 is 34.0 Å². The Morgan fingerprint density at radius 2 is 1.93 bits per heavy atom. The average molecular weight is 410 g/mol. The number of hydrogen-bond donors (Lipinski definition) is 1. The van der Waals surface area contributed by atoms with Crippen LogP contribution in [0.1, 0.15) is 5.56 Å². The van der Waals surface area contributed by atoms with E-state index in [1.165, 1.54) is 18.5 Å². The van der Waals surface area contributed by atoms with Crippen molar-refractivity contribution in [3.05, 3.63) is 83.4 Å². The molecule has 1 heterocycles. The van der Waals surface area contributed by atoms with E-state index < -0.39 is 0 Å². The number of ether oxygens (including phenoxy) is 2. The first-order valence-corrected chi connectivity index (χ1v) is 9.23. The number of rotatable bonds is 6. The summed E-state index contributed by atoms with van der Waals surface area (Å²) >= 11 is 6.37. The first-order chi connectivity index (χ1) is 14.1. The number of aromatic nitrogens is 2. The molecule has 0 aliphatic heterocycles. The van der Waals surface area contributed by atoms with E-state index in [0.29, 0.717) is 16.6 Å². The van der Waals surface area contributed by atoms with Crippen LogP contribution in [0.2, 0.25) is 5.02 Å². The van der Waals surface area contributed by atoms with Crippen molar-refractivity contribution in [1.82, 2.24) is 9.97 Å². The van der Waals surface area contributed by atoms with Gasteiger partial charge in [-0.2, -0.15) is 0 Å². The highest BCUT2D eigenvalue weighted by molar-refractivity contribution is 6.32. The molecular weight excluding hydrogens is 393 g/mol. The van der Waals surface area contributed by atoms with Crippen molar-refractivity contribution in [2.75, 3.05) is 12.4 Å². The van der Waals surface area contributed by atoms with E-state index in [9.17, 15) is 4.39 Å². The van der Waals surface area contributed by atoms with Crippen LogP contribution in [0.3, 0.4) is 0 Å². The molecule has 0 saturated carbocycles. The quantitative estimate of drug-likeness (QED) is 0.439. The fourth-order valence-electron chi connectivity index (χ4n) is 2.88. The van der Waals surface area contributed by atoms with Gasteiger partial charge in [0.05, 0.1) is 17.6 Å². The predicted molar refractivity (Wildman–Crippen MR) is 112 cm³/mol. The molecule has 29 heavy (non-hydrogen) atoms. The summed E-state index contributed by atoms with van der Waals surface area (Å²) in [6, 6.07) is 17.2. The lowest BCUT2D eigenvalue weighted by Crippen LogP contribution is -1.99. The summed E-state index contributed by atoms with van der Waals surface area (Å²) in [4.78, 5) is 8.60. The topological polar surface area (TPSA) is 56.3 Å². The molecule has 0 unspecified atom stereocenters. The summed E-state index contributed by atoms with van der Waals surface area (Å²) in [6.07, 6.45) is 1.50. The maximum Gasteiger partial charge on any atom is 0.141 e. The molecule has 5 nitrogen and oxygen atoms in total. The number of benzene rings is 3. The minimum Gasteiger partial charge on any atom is -0.497 e. The van der Waals surface area contributed by atoms with Gasteiger partial charge in [0.15, 0.2) is 0 Å². The van der Waals surface area contributed by atoms with E-state index in [-0.39, 0.29) is 12.4 Å². The van der Waals surface area contributed by atoms with Crippen LogP contribution in [0.15, 0.2) is 67.0 Å². The van der Waals surface area contributed by atoms with E-state index >= 15 is 0 Å². The van der Waals surface area contributed by atoms with Gasteiger partial charge in [0.25, 0.3) is 0 Å². The first kappa shape index (κ1) is 19.0. The highest BCUT2D eigenvalue weighted by atomic mass is 35.5. The van der Waals surface area contributed by atoms with Crippen molar-refractivity contribution < 1.29 is 13.9 Å². The third kappa shape index (κ3) is 4.38. The van der Waals surface area contributed by atoms with Crippen LogP contribution in [0.25, 0.3) is 10.9 Å². The highest BCUT2D eigenvalue weighted by Crippen LogP contribution is 2.31. The molecule has 1 aromatic heterocycles. The molecule has 7 heteroatoms. The smallest absolute Gasteiger partial charge is 0.141 e. The van der Waals surface area contributed by atoms with Crippen LogP contribution in [-0.4, -0.2) is 17.1 Å². The Labute approximate surface area is 172 Å². The summed E-state index contributed by atoms with van der Waals surface area (Å²) in [7, 11) is 1.61. The van der Waals surface area contributed by atoms with Gasteiger partial charge in [-0.3, -0.25) is 0 Å². The minimum atomic E-state index is -0.301. The van der Waals surface area contributed by atoms with Crippen LogP contribution in [0.4, 0.5) is 15.9 Å². The second kappa shape index (κ2) is 8.32. The molecule has 0 aliphatic carbocycles. The van der Waals surface area contributed by atoms with Crippen molar-refractivity contribution in [3.63, 3.8) is 0 Å². The van der Waals surface area contributed by atoms with Crippen LogP contribution < -0.4 is 14.8 Å². The van der Waals surface area contributed by atoms with Crippen LogP contribution in [0.5, 0.6) is 11.5 Å². The second-order valence-electron chi connectivity index (χ2n) is 6.29. The van der Waals surface area contributed by atoms with Gasteiger partial charge in [0.1, 0.15) is 36.1 Å². The number of nitrogens with one attached hydrogen (secondary N) is 1. The normalized spacial score (nSPS) is 10.7. The van der Waals surface area contributed by atoms with E-state index in [0.717, 1.165) is 27.9 Å². The number of halogens is 2.